The van der Waals surface area contributed by atoms with Gasteiger partial charge in [-0.2, -0.15) is 0 Å². The van der Waals surface area contributed by atoms with Crippen LogP contribution in [-0.4, -0.2) is 33.1 Å². The summed E-state index contributed by atoms with van der Waals surface area (Å²) in [7, 11) is -2.52. The van der Waals surface area contributed by atoms with Crippen LogP contribution >= 0.6 is 0 Å². The molecule has 0 heterocycles. The molecular formula is C17H19NO5S. The van der Waals surface area contributed by atoms with Gasteiger partial charge in [0.2, 0.25) is 0 Å². The first-order valence-corrected chi connectivity index (χ1v) is 8.65. The van der Waals surface area contributed by atoms with Crippen LogP contribution < -0.4 is 9.04 Å². The summed E-state index contributed by atoms with van der Waals surface area (Å²) >= 11 is 0. The Morgan fingerprint density at radius 3 is 2.42 bits per heavy atom. The second-order valence-corrected chi connectivity index (χ2v) is 7.24. The maximum Gasteiger partial charge on any atom is 0.324 e. The second-order valence-electron chi connectivity index (χ2n) is 5.38. The lowest BCUT2D eigenvalue weighted by atomic mass is 10.2. The number of hydrogen-bond donors (Lipinski definition) is 1. The number of hydrogen-bond acceptors (Lipinski definition) is 4. The number of aliphatic carboxylic acids is 1. The monoisotopic (exact) mass is 349 g/mol. The highest BCUT2D eigenvalue weighted by molar-refractivity contribution is 7.92. The van der Waals surface area contributed by atoms with Crippen molar-refractivity contribution in [3.63, 3.8) is 0 Å². The van der Waals surface area contributed by atoms with E-state index in [0.717, 1.165) is 9.87 Å². The van der Waals surface area contributed by atoms with Crippen molar-refractivity contribution in [2.45, 2.75) is 18.7 Å². The number of anilines is 1. The number of nitrogens with zero attached hydrogens (tertiary/aromatic N) is 1. The van der Waals surface area contributed by atoms with Gasteiger partial charge in [-0.15, -0.1) is 0 Å². The average Bonchev–Trinajstić information content (AvgIpc) is 2.52. The Kier molecular flexibility index (Phi) is 5.14. The Labute approximate surface area is 141 Å². The number of carboxylic acids is 1. The van der Waals surface area contributed by atoms with Gasteiger partial charge in [-0.05, 0) is 55.3 Å². The average molecular weight is 349 g/mol. The van der Waals surface area contributed by atoms with Crippen LogP contribution in [0.3, 0.4) is 0 Å². The van der Waals surface area contributed by atoms with Gasteiger partial charge in [0.05, 0.1) is 17.7 Å². The normalized spacial score (nSPS) is 11.1. The molecule has 0 saturated carbocycles. The lowest BCUT2D eigenvalue weighted by Crippen LogP contribution is -2.35. The van der Waals surface area contributed by atoms with E-state index in [9.17, 15) is 13.2 Å². The van der Waals surface area contributed by atoms with Gasteiger partial charge in [0.25, 0.3) is 10.0 Å². The minimum absolute atomic E-state index is 0.0172. The van der Waals surface area contributed by atoms with Gasteiger partial charge in [0, 0.05) is 0 Å². The molecule has 2 aromatic carbocycles. The molecule has 0 bridgehead atoms. The number of rotatable bonds is 6. The molecule has 24 heavy (non-hydrogen) atoms. The lowest BCUT2D eigenvalue weighted by Gasteiger charge is -2.23. The van der Waals surface area contributed by atoms with Crippen molar-refractivity contribution >= 4 is 21.7 Å². The summed E-state index contributed by atoms with van der Waals surface area (Å²) in [6.45, 7) is 2.88. The third kappa shape index (κ3) is 3.68. The van der Waals surface area contributed by atoms with E-state index in [1.165, 1.54) is 19.2 Å². The van der Waals surface area contributed by atoms with Crippen molar-refractivity contribution < 1.29 is 23.1 Å². The molecule has 0 unspecified atom stereocenters. The summed E-state index contributed by atoms with van der Waals surface area (Å²) in [6, 6.07) is 11.1. The number of methoxy groups -OCH3 is 1. The molecule has 0 amide bonds. The second kappa shape index (κ2) is 6.92. The van der Waals surface area contributed by atoms with Crippen LogP contribution in [0.4, 0.5) is 5.69 Å². The lowest BCUT2D eigenvalue weighted by molar-refractivity contribution is -0.135. The van der Waals surface area contributed by atoms with E-state index in [-0.39, 0.29) is 4.90 Å². The number of carbonyl (C=O) groups is 1. The van der Waals surface area contributed by atoms with Gasteiger partial charge in [-0.25, -0.2) is 8.42 Å². The van der Waals surface area contributed by atoms with Crippen molar-refractivity contribution in [2.75, 3.05) is 18.0 Å². The van der Waals surface area contributed by atoms with E-state index in [1.807, 2.05) is 13.0 Å². The topological polar surface area (TPSA) is 83.9 Å². The fourth-order valence-electron chi connectivity index (χ4n) is 2.36. The van der Waals surface area contributed by atoms with Crippen LogP contribution in [0.1, 0.15) is 11.1 Å². The molecule has 128 valence electrons. The van der Waals surface area contributed by atoms with E-state index < -0.39 is 22.5 Å². The fourth-order valence-corrected chi connectivity index (χ4v) is 3.85. The van der Waals surface area contributed by atoms with Crippen LogP contribution in [0, 0.1) is 13.8 Å². The van der Waals surface area contributed by atoms with Crippen molar-refractivity contribution in [3.8, 4) is 5.75 Å². The molecule has 0 aliphatic rings. The zero-order valence-corrected chi connectivity index (χ0v) is 14.5. The summed E-state index contributed by atoms with van der Waals surface area (Å²) < 4.78 is 31.9. The SMILES string of the molecule is COc1ccc(S(=O)(=O)N(CC(=O)O)c2cccc(C)c2)cc1C. The van der Waals surface area contributed by atoms with Crippen LogP contribution in [0.5, 0.6) is 5.75 Å². The Morgan fingerprint density at radius 1 is 1.17 bits per heavy atom. The Morgan fingerprint density at radius 2 is 1.88 bits per heavy atom. The highest BCUT2D eigenvalue weighted by atomic mass is 32.2. The molecule has 7 heteroatoms. The molecule has 0 aliphatic heterocycles. The number of sulfonamides is 1. The van der Waals surface area contributed by atoms with E-state index in [0.29, 0.717) is 17.0 Å². The molecule has 0 aromatic heterocycles. The molecule has 0 aliphatic carbocycles. The molecule has 1 N–H and O–H groups in total. The van der Waals surface area contributed by atoms with Gasteiger partial charge in [-0.1, -0.05) is 12.1 Å². The first-order valence-electron chi connectivity index (χ1n) is 7.21. The minimum atomic E-state index is -4.02. The minimum Gasteiger partial charge on any atom is -0.496 e. The maximum atomic E-state index is 13.0. The van der Waals surface area contributed by atoms with Crippen molar-refractivity contribution in [1.82, 2.24) is 0 Å². The summed E-state index contributed by atoms with van der Waals surface area (Å²) in [5.74, 6) is -0.667. The van der Waals surface area contributed by atoms with Crippen molar-refractivity contribution in [3.05, 3.63) is 53.6 Å². The number of benzene rings is 2. The fraction of sp³-hybridized carbons (Fsp3) is 0.235. The van der Waals surface area contributed by atoms with Crippen molar-refractivity contribution in [2.24, 2.45) is 0 Å². The smallest absolute Gasteiger partial charge is 0.324 e. The summed E-state index contributed by atoms with van der Waals surface area (Å²) in [5.41, 5.74) is 1.80. The molecule has 2 aromatic rings. The third-order valence-electron chi connectivity index (χ3n) is 3.52. The van der Waals surface area contributed by atoms with Gasteiger partial charge in [-0.3, -0.25) is 9.10 Å². The molecule has 0 saturated heterocycles. The largest absolute Gasteiger partial charge is 0.496 e. The Balaban J connectivity index is 2.55. The number of carboxylic acid groups (broad SMARTS) is 1. The predicted molar refractivity (Wildman–Crippen MR) is 91.1 cm³/mol. The first kappa shape index (κ1) is 17.8. The van der Waals surface area contributed by atoms with E-state index in [4.69, 9.17) is 9.84 Å². The Hall–Kier alpha value is -2.54. The highest BCUT2D eigenvalue weighted by Crippen LogP contribution is 2.27. The standard InChI is InChI=1S/C17H19NO5S/c1-12-5-4-6-14(9-12)18(11-17(19)20)24(21,22)15-7-8-16(23-3)13(2)10-15/h4-10H,11H2,1-3H3,(H,19,20). The van der Waals surface area contributed by atoms with Gasteiger partial charge < -0.3 is 9.84 Å². The van der Waals surface area contributed by atoms with Crippen LogP contribution in [0.15, 0.2) is 47.4 Å². The predicted octanol–water partition coefficient (Wildman–Crippen LogP) is 2.59. The van der Waals surface area contributed by atoms with Gasteiger partial charge in [0.1, 0.15) is 12.3 Å². The van der Waals surface area contributed by atoms with E-state index >= 15 is 0 Å². The highest BCUT2D eigenvalue weighted by Gasteiger charge is 2.27. The molecule has 0 fully saturated rings. The van der Waals surface area contributed by atoms with Crippen LogP contribution in [-0.2, 0) is 14.8 Å². The molecular weight excluding hydrogens is 330 g/mol. The Bertz CT molecular complexity index is 861. The van der Waals surface area contributed by atoms with Gasteiger partial charge in [0.15, 0.2) is 0 Å². The zero-order chi connectivity index (χ0) is 17.9. The summed E-state index contributed by atoms with van der Waals surface area (Å²) in [5, 5.41) is 9.14. The zero-order valence-electron chi connectivity index (χ0n) is 13.7. The molecule has 2 rings (SSSR count). The number of aryl methyl sites for hydroxylation is 2. The van der Waals surface area contributed by atoms with E-state index in [2.05, 4.69) is 0 Å². The summed E-state index contributed by atoms with van der Waals surface area (Å²) in [4.78, 5) is 11.2. The van der Waals surface area contributed by atoms with Crippen molar-refractivity contribution in [1.29, 1.82) is 0 Å². The van der Waals surface area contributed by atoms with Gasteiger partial charge >= 0.3 is 5.97 Å². The molecule has 0 atom stereocenters. The van der Waals surface area contributed by atoms with E-state index in [1.54, 1.807) is 31.2 Å². The first-order chi connectivity index (χ1) is 11.3. The molecule has 0 spiro atoms. The molecule has 0 radical (unpaired) electrons. The number of ether oxygens (including phenoxy) is 1. The van der Waals surface area contributed by atoms with Crippen LogP contribution in [0.2, 0.25) is 0 Å². The molecule has 6 nitrogen and oxygen atoms in total. The quantitative estimate of drug-likeness (QED) is 0.866. The summed E-state index contributed by atoms with van der Waals surface area (Å²) in [6.07, 6.45) is 0. The maximum absolute atomic E-state index is 13.0. The third-order valence-corrected chi connectivity index (χ3v) is 5.29. The van der Waals surface area contributed by atoms with Crippen LogP contribution in [0.25, 0.3) is 0 Å².